The van der Waals surface area contributed by atoms with E-state index in [0.717, 1.165) is 34.5 Å². The number of benzene rings is 1. The fourth-order valence-corrected chi connectivity index (χ4v) is 2.71. The molecular formula is C16H18ClN3O. The summed E-state index contributed by atoms with van der Waals surface area (Å²) in [5.74, 6) is 1.34. The van der Waals surface area contributed by atoms with Crippen LogP contribution in [0.1, 0.15) is 19.4 Å². The number of hydrogen-bond donors (Lipinski definition) is 1. The van der Waals surface area contributed by atoms with Gasteiger partial charge in [-0.2, -0.15) is 0 Å². The molecule has 4 nitrogen and oxygen atoms in total. The third kappa shape index (κ3) is 2.57. The number of rotatable bonds is 4. The summed E-state index contributed by atoms with van der Waals surface area (Å²) in [4.78, 5) is 4.74. The fraction of sp³-hybridized carbons (Fsp3) is 0.312. The standard InChI is InChI=1S/C16H18ClN3O/c1-10(2)9-20-14-4-3-11(8-18)7-13(14)19-16(20)12-5-6-21-15(12)17/h3-7,10H,8-9,18H2,1-2H3. The Balaban J connectivity index is 2.24. The molecule has 0 bridgehead atoms. The van der Waals surface area contributed by atoms with E-state index < -0.39 is 0 Å². The normalized spacial score (nSPS) is 11.7. The molecule has 0 unspecified atom stereocenters. The average molecular weight is 304 g/mol. The average Bonchev–Trinajstić information content (AvgIpc) is 3.02. The zero-order valence-corrected chi connectivity index (χ0v) is 12.9. The summed E-state index contributed by atoms with van der Waals surface area (Å²) in [5, 5.41) is 0.370. The number of nitrogens with zero attached hydrogens (tertiary/aromatic N) is 2. The molecule has 0 aliphatic rings. The highest BCUT2D eigenvalue weighted by molar-refractivity contribution is 6.31. The van der Waals surface area contributed by atoms with E-state index in [1.807, 2.05) is 18.2 Å². The maximum Gasteiger partial charge on any atom is 0.203 e. The summed E-state index contributed by atoms with van der Waals surface area (Å²) in [6.45, 7) is 5.74. The number of imidazole rings is 1. The van der Waals surface area contributed by atoms with Gasteiger partial charge in [0.2, 0.25) is 5.22 Å². The van der Waals surface area contributed by atoms with Crippen LogP contribution in [0.25, 0.3) is 22.4 Å². The largest absolute Gasteiger partial charge is 0.452 e. The molecule has 0 fully saturated rings. The Kier molecular flexibility index (Phi) is 3.74. The second-order valence-corrected chi connectivity index (χ2v) is 5.92. The van der Waals surface area contributed by atoms with Gasteiger partial charge in [0.15, 0.2) is 0 Å². The summed E-state index contributed by atoms with van der Waals surface area (Å²) >= 11 is 6.13. The lowest BCUT2D eigenvalue weighted by Crippen LogP contribution is -2.06. The summed E-state index contributed by atoms with van der Waals surface area (Å²) in [6, 6.07) is 8.00. The quantitative estimate of drug-likeness (QED) is 0.790. The minimum absolute atomic E-state index is 0.370. The molecule has 3 aromatic rings. The van der Waals surface area contributed by atoms with Crippen molar-refractivity contribution in [3.63, 3.8) is 0 Å². The van der Waals surface area contributed by atoms with Gasteiger partial charge < -0.3 is 14.7 Å². The van der Waals surface area contributed by atoms with E-state index in [-0.39, 0.29) is 0 Å². The molecule has 1 aromatic carbocycles. The number of aromatic nitrogens is 2. The molecule has 110 valence electrons. The highest BCUT2D eigenvalue weighted by Crippen LogP contribution is 2.32. The van der Waals surface area contributed by atoms with Crippen molar-refractivity contribution in [2.75, 3.05) is 0 Å². The lowest BCUT2D eigenvalue weighted by atomic mass is 10.2. The van der Waals surface area contributed by atoms with Crippen molar-refractivity contribution in [3.05, 3.63) is 41.3 Å². The molecule has 0 radical (unpaired) electrons. The highest BCUT2D eigenvalue weighted by Gasteiger charge is 2.17. The van der Waals surface area contributed by atoms with E-state index in [1.54, 1.807) is 6.26 Å². The Morgan fingerprint density at radius 2 is 2.14 bits per heavy atom. The van der Waals surface area contributed by atoms with Gasteiger partial charge in [-0.1, -0.05) is 19.9 Å². The van der Waals surface area contributed by atoms with Gasteiger partial charge in [-0.15, -0.1) is 0 Å². The topological polar surface area (TPSA) is 57.0 Å². The van der Waals surface area contributed by atoms with Crippen LogP contribution in [0.3, 0.4) is 0 Å². The second-order valence-electron chi connectivity index (χ2n) is 5.58. The Hall–Kier alpha value is -1.78. The molecule has 3 rings (SSSR count). The number of fused-ring (bicyclic) bond motifs is 1. The van der Waals surface area contributed by atoms with Crippen LogP contribution in [0, 0.1) is 5.92 Å². The van der Waals surface area contributed by atoms with Crippen LogP contribution < -0.4 is 5.73 Å². The third-order valence-electron chi connectivity index (χ3n) is 3.45. The van der Waals surface area contributed by atoms with Crippen molar-refractivity contribution in [3.8, 4) is 11.4 Å². The van der Waals surface area contributed by atoms with Crippen molar-refractivity contribution in [1.82, 2.24) is 9.55 Å². The summed E-state index contributed by atoms with van der Waals surface area (Å²) < 4.78 is 7.40. The maximum atomic E-state index is 6.13. The van der Waals surface area contributed by atoms with Gasteiger partial charge in [-0.3, -0.25) is 0 Å². The fourth-order valence-electron chi connectivity index (χ4n) is 2.51. The van der Waals surface area contributed by atoms with Crippen LogP contribution in [0.15, 0.2) is 34.9 Å². The summed E-state index contributed by atoms with van der Waals surface area (Å²) in [5.41, 5.74) is 9.63. The molecule has 5 heteroatoms. The summed E-state index contributed by atoms with van der Waals surface area (Å²) in [7, 11) is 0. The van der Waals surface area contributed by atoms with Crippen molar-refractivity contribution >= 4 is 22.6 Å². The Bertz CT molecular complexity index is 773. The minimum Gasteiger partial charge on any atom is -0.452 e. The van der Waals surface area contributed by atoms with Crippen LogP contribution in [-0.2, 0) is 13.1 Å². The van der Waals surface area contributed by atoms with Crippen LogP contribution in [0.2, 0.25) is 5.22 Å². The third-order valence-corrected chi connectivity index (χ3v) is 3.75. The van der Waals surface area contributed by atoms with Gasteiger partial charge in [0.05, 0.1) is 22.9 Å². The van der Waals surface area contributed by atoms with E-state index >= 15 is 0 Å². The lowest BCUT2D eigenvalue weighted by molar-refractivity contribution is 0.535. The van der Waals surface area contributed by atoms with Gasteiger partial charge in [-0.25, -0.2) is 4.98 Å². The Morgan fingerprint density at radius 1 is 1.33 bits per heavy atom. The molecule has 0 saturated heterocycles. The van der Waals surface area contributed by atoms with Crippen LogP contribution in [-0.4, -0.2) is 9.55 Å². The number of nitrogens with two attached hydrogens (primary N) is 1. The first-order chi connectivity index (χ1) is 10.1. The van der Waals surface area contributed by atoms with Crippen molar-refractivity contribution < 1.29 is 4.42 Å². The molecule has 0 aliphatic heterocycles. The molecule has 21 heavy (non-hydrogen) atoms. The first kappa shape index (κ1) is 14.2. The van der Waals surface area contributed by atoms with Gasteiger partial charge >= 0.3 is 0 Å². The molecule has 2 N–H and O–H groups in total. The van der Waals surface area contributed by atoms with Crippen molar-refractivity contribution in [1.29, 1.82) is 0 Å². The smallest absolute Gasteiger partial charge is 0.203 e. The van der Waals surface area contributed by atoms with Crippen molar-refractivity contribution in [2.45, 2.75) is 26.9 Å². The highest BCUT2D eigenvalue weighted by atomic mass is 35.5. The number of hydrogen-bond acceptors (Lipinski definition) is 3. The molecule has 0 amide bonds. The first-order valence-electron chi connectivity index (χ1n) is 7.02. The van der Waals surface area contributed by atoms with E-state index in [0.29, 0.717) is 17.7 Å². The lowest BCUT2D eigenvalue weighted by Gasteiger charge is -2.11. The van der Waals surface area contributed by atoms with E-state index in [2.05, 4.69) is 24.5 Å². The van der Waals surface area contributed by atoms with Gasteiger partial charge in [0.25, 0.3) is 0 Å². The predicted molar refractivity (Wildman–Crippen MR) is 85.2 cm³/mol. The van der Waals surface area contributed by atoms with Crippen LogP contribution in [0.5, 0.6) is 0 Å². The summed E-state index contributed by atoms with van der Waals surface area (Å²) in [6.07, 6.45) is 1.59. The molecule has 0 aliphatic carbocycles. The Morgan fingerprint density at radius 3 is 2.76 bits per heavy atom. The SMILES string of the molecule is CC(C)Cn1c(-c2ccoc2Cl)nc2cc(CN)ccc21. The minimum atomic E-state index is 0.370. The molecule has 0 spiro atoms. The number of furan rings is 1. The molecule has 2 heterocycles. The molecule has 0 saturated carbocycles. The molecule has 0 atom stereocenters. The van der Waals surface area contributed by atoms with Crippen molar-refractivity contribution in [2.24, 2.45) is 11.7 Å². The Labute approximate surface area is 128 Å². The van der Waals surface area contributed by atoms with Gasteiger partial charge in [0.1, 0.15) is 5.82 Å². The monoisotopic (exact) mass is 303 g/mol. The first-order valence-corrected chi connectivity index (χ1v) is 7.40. The van der Waals surface area contributed by atoms with Crippen LogP contribution >= 0.6 is 11.6 Å². The number of halogens is 1. The zero-order valence-electron chi connectivity index (χ0n) is 12.1. The second kappa shape index (κ2) is 5.54. The van der Waals surface area contributed by atoms with Gasteiger partial charge in [-0.05, 0) is 41.3 Å². The zero-order chi connectivity index (χ0) is 15.0. The predicted octanol–water partition coefficient (Wildman–Crippen LogP) is 4.06. The maximum absolute atomic E-state index is 6.13. The van der Waals surface area contributed by atoms with E-state index in [9.17, 15) is 0 Å². The van der Waals surface area contributed by atoms with E-state index in [4.69, 9.17) is 26.7 Å². The molecule has 2 aromatic heterocycles. The van der Waals surface area contributed by atoms with Crippen LogP contribution in [0.4, 0.5) is 0 Å². The van der Waals surface area contributed by atoms with Gasteiger partial charge in [0, 0.05) is 13.1 Å². The van der Waals surface area contributed by atoms with E-state index in [1.165, 1.54) is 0 Å². The molecular weight excluding hydrogens is 286 g/mol.